The fourth-order valence-electron chi connectivity index (χ4n) is 10.8. The highest BCUT2D eigenvalue weighted by molar-refractivity contribution is 6.19. The number of hydrogen-bond donors (Lipinski definition) is 0. The minimum Gasteiger partial charge on any atom is -0.309 e. The van der Waals surface area contributed by atoms with Crippen LogP contribution in [0, 0.1) is 0 Å². The second kappa shape index (κ2) is 12.7. The molecular formula is C60H36N2. The van der Waals surface area contributed by atoms with E-state index in [1.54, 1.807) is 0 Å². The zero-order valence-corrected chi connectivity index (χ0v) is 33.7. The van der Waals surface area contributed by atoms with E-state index in [0.717, 1.165) is 5.69 Å². The lowest BCUT2D eigenvalue weighted by atomic mass is 9.97. The smallest absolute Gasteiger partial charge is 0.0547 e. The van der Waals surface area contributed by atoms with E-state index >= 15 is 0 Å². The molecule has 0 saturated heterocycles. The largest absolute Gasteiger partial charge is 0.309 e. The summed E-state index contributed by atoms with van der Waals surface area (Å²) in [6.45, 7) is 0. The summed E-state index contributed by atoms with van der Waals surface area (Å²) in [5.41, 5.74) is 9.55. The van der Waals surface area contributed by atoms with Crippen molar-refractivity contribution in [3.63, 3.8) is 0 Å². The van der Waals surface area contributed by atoms with Crippen molar-refractivity contribution < 1.29 is 0 Å². The number of para-hydroxylation sites is 2. The Morgan fingerprint density at radius 1 is 0.194 bits per heavy atom. The van der Waals surface area contributed by atoms with Gasteiger partial charge in [0.1, 0.15) is 0 Å². The molecule has 62 heavy (non-hydrogen) atoms. The van der Waals surface area contributed by atoms with Gasteiger partial charge in [0, 0.05) is 32.9 Å². The van der Waals surface area contributed by atoms with E-state index in [1.165, 1.54) is 125 Å². The Morgan fingerprint density at radius 3 is 1.15 bits per heavy atom. The number of hydrogen-bond acceptors (Lipinski definition) is 0. The van der Waals surface area contributed by atoms with Crippen molar-refractivity contribution in [1.29, 1.82) is 0 Å². The van der Waals surface area contributed by atoms with Crippen LogP contribution >= 0.6 is 0 Å². The molecule has 0 aliphatic rings. The van der Waals surface area contributed by atoms with Gasteiger partial charge in [-0.15, -0.1) is 0 Å². The molecular weight excluding hydrogens is 749 g/mol. The first-order chi connectivity index (χ1) is 30.7. The van der Waals surface area contributed by atoms with Crippen molar-refractivity contribution >= 4 is 108 Å². The maximum Gasteiger partial charge on any atom is 0.0547 e. The molecule has 0 atom stereocenters. The van der Waals surface area contributed by atoms with Gasteiger partial charge in [0.25, 0.3) is 0 Å². The predicted octanol–water partition coefficient (Wildman–Crippen LogP) is 16.5. The molecule has 2 heterocycles. The Hall–Kier alpha value is -8.20. The first kappa shape index (κ1) is 33.6. The van der Waals surface area contributed by atoms with Crippen LogP contribution in [0.2, 0.25) is 0 Å². The first-order valence-electron chi connectivity index (χ1n) is 21.5. The van der Waals surface area contributed by atoms with Crippen molar-refractivity contribution in [2.75, 3.05) is 0 Å². The molecule has 0 spiro atoms. The minimum absolute atomic E-state index is 1.16. The molecule has 2 nitrogen and oxygen atoms in total. The molecule has 0 aliphatic heterocycles. The summed E-state index contributed by atoms with van der Waals surface area (Å²) in [7, 11) is 0. The Kier molecular flexibility index (Phi) is 6.86. The van der Waals surface area contributed by atoms with Crippen molar-refractivity contribution in [2.45, 2.75) is 0 Å². The van der Waals surface area contributed by atoms with E-state index in [-0.39, 0.29) is 0 Å². The molecule has 14 aromatic rings. The molecule has 14 rings (SSSR count). The SMILES string of the molecule is c1ccc2c(c1)ccc1c3ccc(-n4c5ccccc5c5cc(-c6ccc7c8ccccc8n(-c8ccc9c(ccc%10c%11ccccc%11ccc9%10)c8)c7c6)ccc54)cc3ccc21. The van der Waals surface area contributed by atoms with Crippen LogP contribution < -0.4 is 0 Å². The fourth-order valence-corrected chi connectivity index (χ4v) is 10.8. The van der Waals surface area contributed by atoms with Crippen molar-refractivity contribution in [3.05, 3.63) is 218 Å². The van der Waals surface area contributed by atoms with Gasteiger partial charge in [-0.1, -0.05) is 164 Å². The van der Waals surface area contributed by atoms with Gasteiger partial charge in [-0.05, 0) is 130 Å². The maximum atomic E-state index is 2.45. The van der Waals surface area contributed by atoms with Gasteiger partial charge in [0.05, 0.1) is 22.1 Å². The van der Waals surface area contributed by atoms with Gasteiger partial charge in [-0.2, -0.15) is 0 Å². The van der Waals surface area contributed by atoms with Gasteiger partial charge >= 0.3 is 0 Å². The number of aromatic nitrogens is 2. The number of fused-ring (bicyclic) bond motifs is 16. The third-order valence-electron chi connectivity index (χ3n) is 13.6. The lowest BCUT2D eigenvalue weighted by molar-refractivity contribution is 1.18. The third-order valence-corrected chi connectivity index (χ3v) is 13.6. The van der Waals surface area contributed by atoms with E-state index in [1.807, 2.05) is 0 Å². The second-order valence-electron chi connectivity index (χ2n) is 16.9. The summed E-state index contributed by atoms with van der Waals surface area (Å²) in [5, 5.41) is 20.4. The molecule has 0 N–H and O–H groups in total. The molecule has 0 aliphatic carbocycles. The number of benzene rings is 12. The molecule has 2 heteroatoms. The molecule has 0 bridgehead atoms. The number of rotatable bonds is 3. The molecule has 0 fully saturated rings. The minimum atomic E-state index is 1.16. The van der Waals surface area contributed by atoms with Crippen molar-refractivity contribution in [3.8, 4) is 22.5 Å². The third kappa shape index (κ3) is 4.75. The topological polar surface area (TPSA) is 9.86 Å². The van der Waals surface area contributed by atoms with Gasteiger partial charge in [-0.3, -0.25) is 0 Å². The Balaban J connectivity index is 0.916. The monoisotopic (exact) mass is 784 g/mol. The zero-order chi connectivity index (χ0) is 40.5. The zero-order valence-electron chi connectivity index (χ0n) is 33.7. The lowest BCUT2D eigenvalue weighted by Gasteiger charge is -2.13. The normalized spacial score (nSPS) is 12.2. The highest BCUT2D eigenvalue weighted by Crippen LogP contribution is 2.40. The molecule has 286 valence electrons. The second-order valence-corrected chi connectivity index (χ2v) is 16.9. The molecule has 12 aromatic carbocycles. The molecule has 0 amide bonds. The van der Waals surface area contributed by atoms with Gasteiger partial charge in [-0.25, -0.2) is 0 Å². The van der Waals surface area contributed by atoms with Crippen LogP contribution in [0.5, 0.6) is 0 Å². The van der Waals surface area contributed by atoms with Gasteiger partial charge in [0.15, 0.2) is 0 Å². The molecule has 0 radical (unpaired) electrons. The summed E-state index contributed by atoms with van der Waals surface area (Å²) >= 11 is 0. The average Bonchev–Trinajstić information content (AvgIpc) is 3.85. The van der Waals surface area contributed by atoms with Crippen LogP contribution in [-0.2, 0) is 0 Å². The molecule has 0 saturated carbocycles. The van der Waals surface area contributed by atoms with E-state index in [2.05, 4.69) is 228 Å². The van der Waals surface area contributed by atoms with Crippen LogP contribution in [0.25, 0.3) is 131 Å². The Labute approximate surface area is 356 Å². The fraction of sp³-hybridized carbons (Fsp3) is 0. The van der Waals surface area contributed by atoms with Gasteiger partial charge < -0.3 is 9.13 Å². The van der Waals surface area contributed by atoms with Crippen LogP contribution in [-0.4, -0.2) is 9.13 Å². The van der Waals surface area contributed by atoms with Gasteiger partial charge in [0.2, 0.25) is 0 Å². The van der Waals surface area contributed by atoms with Crippen LogP contribution in [0.4, 0.5) is 0 Å². The Morgan fingerprint density at radius 2 is 0.565 bits per heavy atom. The van der Waals surface area contributed by atoms with Crippen molar-refractivity contribution in [2.24, 2.45) is 0 Å². The van der Waals surface area contributed by atoms with Crippen LogP contribution in [0.3, 0.4) is 0 Å². The quantitative estimate of drug-likeness (QED) is 0.158. The highest BCUT2D eigenvalue weighted by atomic mass is 15.0. The summed E-state index contributed by atoms with van der Waals surface area (Å²) in [6, 6.07) is 81.2. The Bertz CT molecular complexity index is 4220. The molecule has 0 unspecified atom stereocenters. The predicted molar refractivity (Wildman–Crippen MR) is 266 cm³/mol. The summed E-state index contributed by atoms with van der Waals surface area (Å²) in [5.74, 6) is 0. The van der Waals surface area contributed by atoms with E-state index < -0.39 is 0 Å². The van der Waals surface area contributed by atoms with E-state index in [9.17, 15) is 0 Å². The lowest BCUT2D eigenvalue weighted by Crippen LogP contribution is -1.95. The average molecular weight is 785 g/mol. The summed E-state index contributed by atoms with van der Waals surface area (Å²) in [4.78, 5) is 0. The first-order valence-corrected chi connectivity index (χ1v) is 21.5. The van der Waals surface area contributed by atoms with Crippen LogP contribution in [0.15, 0.2) is 218 Å². The summed E-state index contributed by atoms with van der Waals surface area (Å²) in [6.07, 6.45) is 0. The standard InChI is InChI=1S/C60H36N2/c1-3-11-45-37(9-1)17-25-51-47-30-23-43(33-41(47)20-27-49(45)51)61-58-16-8-6-14-54(58)56-35-39(22-32-59(56)61)40-19-29-55-53-13-5-7-15-57(53)62(60(55)36-40)44-24-31-48-42(34-44)21-28-50-46-12-4-2-10-38(46)18-26-52(48)50/h1-36H. The maximum absolute atomic E-state index is 2.45. The van der Waals surface area contributed by atoms with Crippen LogP contribution in [0.1, 0.15) is 0 Å². The number of nitrogens with zero attached hydrogens (tertiary/aromatic N) is 2. The molecule has 2 aromatic heterocycles. The van der Waals surface area contributed by atoms with E-state index in [4.69, 9.17) is 0 Å². The summed E-state index contributed by atoms with van der Waals surface area (Å²) < 4.78 is 4.89. The van der Waals surface area contributed by atoms with E-state index in [0.29, 0.717) is 0 Å². The van der Waals surface area contributed by atoms with Crippen molar-refractivity contribution in [1.82, 2.24) is 9.13 Å². The highest BCUT2D eigenvalue weighted by Gasteiger charge is 2.17.